The molecular formula is C39H40GeIrN4O-2. The molecule has 7 aromatic rings. The van der Waals surface area contributed by atoms with E-state index in [0.717, 1.165) is 20.8 Å². The second-order valence-electron chi connectivity index (χ2n) is 12.4. The number of hydrogen-bond donors (Lipinski definition) is 0. The number of benzene rings is 3. The van der Waals surface area contributed by atoms with Crippen molar-refractivity contribution in [2.45, 2.75) is 51.2 Å². The Bertz CT molecular complexity index is 2450. The van der Waals surface area contributed by atoms with E-state index < -0.39 is 33.3 Å². The Kier molecular flexibility index (Phi) is 7.29. The van der Waals surface area contributed by atoms with E-state index >= 15 is 0 Å². The molecule has 0 fully saturated rings. The first kappa shape index (κ1) is 24.6. The van der Waals surface area contributed by atoms with Crippen LogP contribution in [-0.4, -0.2) is 32.8 Å². The third kappa shape index (κ3) is 6.76. The summed E-state index contributed by atoms with van der Waals surface area (Å²) in [7, 11) is 1.90. The molecule has 7 rings (SSSR count). The van der Waals surface area contributed by atoms with Crippen LogP contribution in [0.3, 0.4) is 0 Å². The van der Waals surface area contributed by atoms with Crippen LogP contribution in [0.1, 0.15) is 41.5 Å². The van der Waals surface area contributed by atoms with E-state index in [0.29, 0.717) is 44.8 Å². The van der Waals surface area contributed by atoms with E-state index in [1.54, 1.807) is 24.5 Å². The minimum Gasteiger partial charge on any atom is -0.501 e. The normalized spacial score (nSPS) is 15.0. The first-order valence-electron chi connectivity index (χ1n) is 18.9. The Balaban J connectivity index is 0.000000204. The third-order valence-electron chi connectivity index (χ3n) is 7.60. The number of pyridine rings is 2. The summed E-state index contributed by atoms with van der Waals surface area (Å²) < 4.78 is 72.4. The van der Waals surface area contributed by atoms with E-state index in [1.807, 2.05) is 68.1 Å². The largest absolute Gasteiger partial charge is 0.501 e. The van der Waals surface area contributed by atoms with Crippen molar-refractivity contribution in [2.24, 2.45) is 13.0 Å². The number of fused-ring (bicyclic) bond motifs is 4. The minimum atomic E-state index is -2.32. The van der Waals surface area contributed by atoms with E-state index in [-0.39, 0.29) is 37.2 Å². The first-order chi connectivity index (χ1) is 24.7. The molecule has 0 N–H and O–H groups in total. The molecule has 7 heteroatoms. The number of imidazole rings is 1. The standard InChI is InChI=1S/C20H14N3O.C19H26GeN.Ir/c1-12-7-8-14(19-18(12)13-5-3-4-6-17(13)24-19)20-22-15-9-10-21-11-16(15)23(20)2;1-14(2)11-17-12-19(16-9-7-15(3)8-10-16)21-13-18(17)20(4,5)6;/h3-7,9-11H,1-2H3;7-9,12-14H,11H2,1-6H3;/q2*-1;/i1D3;3D3,11D2;. The van der Waals surface area contributed by atoms with Gasteiger partial charge in [-0.25, -0.2) is 0 Å². The van der Waals surface area contributed by atoms with Crippen molar-refractivity contribution in [3.63, 3.8) is 0 Å². The van der Waals surface area contributed by atoms with Crippen LogP contribution in [0.2, 0.25) is 17.3 Å². The number of nitrogens with zero attached hydrogens (tertiary/aromatic N) is 4. The summed E-state index contributed by atoms with van der Waals surface area (Å²) in [5, 5.41) is 1.36. The van der Waals surface area contributed by atoms with Gasteiger partial charge in [-0.15, -0.1) is 17.7 Å². The van der Waals surface area contributed by atoms with Crippen LogP contribution >= 0.6 is 0 Å². The molecule has 0 bridgehead atoms. The van der Waals surface area contributed by atoms with E-state index in [9.17, 15) is 0 Å². The maximum Gasteiger partial charge on any atom is 0.120 e. The Hall–Kier alpha value is -3.58. The Morgan fingerprint density at radius 1 is 1.02 bits per heavy atom. The van der Waals surface area contributed by atoms with Gasteiger partial charge >= 0.3 is 139 Å². The molecule has 0 saturated carbocycles. The molecule has 5 nitrogen and oxygen atoms in total. The summed E-state index contributed by atoms with van der Waals surface area (Å²) in [5.74, 6) is 7.18. The molecule has 0 spiro atoms. The second-order valence-corrected chi connectivity index (χ2v) is 23.0. The Morgan fingerprint density at radius 3 is 2.54 bits per heavy atom. The van der Waals surface area contributed by atoms with Gasteiger partial charge in [-0.1, -0.05) is 36.0 Å². The topological polar surface area (TPSA) is 56.7 Å². The summed E-state index contributed by atoms with van der Waals surface area (Å²) in [6.07, 6.45) is 3.80. The van der Waals surface area contributed by atoms with Gasteiger partial charge < -0.3 is 8.98 Å². The molecule has 4 aromatic heterocycles. The molecule has 0 aliphatic rings. The van der Waals surface area contributed by atoms with Crippen LogP contribution in [0.15, 0.2) is 83.7 Å². The van der Waals surface area contributed by atoms with Crippen LogP contribution in [0.25, 0.3) is 55.6 Å². The SMILES string of the molecule is [2H]C([2H])([2H])c1c[c-]c(-c2cc(C([2H])([2H])C(C)C)[c]([Ge]([CH3])([CH3])[CH3])cn2)cc1.[2H]C([2H])([2H])c1c[c-]c(-c2nc3ccncc3n2C)c2oc3ccccc3c12.[Ir]. The zero-order valence-corrected chi connectivity index (χ0v) is 31.1. The molecular weight excluding hydrogens is 805 g/mol. The summed E-state index contributed by atoms with van der Waals surface area (Å²) in [6, 6.07) is 23.5. The number of furan rings is 1. The van der Waals surface area contributed by atoms with E-state index in [1.165, 1.54) is 12.1 Å². The van der Waals surface area contributed by atoms with Crippen molar-refractivity contribution in [2.75, 3.05) is 0 Å². The molecule has 3 aromatic carbocycles. The van der Waals surface area contributed by atoms with Gasteiger partial charge in [0.2, 0.25) is 0 Å². The van der Waals surface area contributed by atoms with Gasteiger partial charge in [0.25, 0.3) is 0 Å². The third-order valence-corrected chi connectivity index (χ3v) is 11.8. The predicted molar refractivity (Wildman–Crippen MR) is 190 cm³/mol. The average Bonchev–Trinajstić information content (AvgIpc) is 3.64. The number of rotatable bonds is 5. The fourth-order valence-electron chi connectivity index (χ4n) is 5.41. The van der Waals surface area contributed by atoms with Crippen LogP contribution in [0.5, 0.6) is 0 Å². The smallest absolute Gasteiger partial charge is 0.120 e. The van der Waals surface area contributed by atoms with Crippen LogP contribution in [0.4, 0.5) is 0 Å². The predicted octanol–water partition coefficient (Wildman–Crippen LogP) is 9.24. The molecule has 0 saturated heterocycles. The number of para-hydroxylation sites is 1. The Morgan fingerprint density at radius 2 is 1.85 bits per heavy atom. The van der Waals surface area contributed by atoms with Crippen molar-refractivity contribution in [1.82, 2.24) is 19.5 Å². The van der Waals surface area contributed by atoms with E-state index in [4.69, 9.17) is 15.4 Å². The van der Waals surface area contributed by atoms with Crippen LogP contribution in [-0.2, 0) is 33.5 Å². The van der Waals surface area contributed by atoms with Gasteiger partial charge in [0, 0.05) is 42.8 Å². The maximum absolute atomic E-state index is 8.60. The molecule has 0 aliphatic carbocycles. The van der Waals surface area contributed by atoms with Crippen LogP contribution < -0.4 is 4.40 Å². The molecule has 237 valence electrons. The number of aryl methyl sites for hydroxylation is 3. The van der Waals surface area contributed by atoms with Gasteiger partial charge in [0.1, 0.15) is 5.58 Å². The summed E-state index contributed by atoms with van der Waals surface area (Å²) in [5.41, 5.74) is 5.91. The van der Waals surface area contributed by atoms with Crippen molar-refractivity contribution in [3.8, 4) is 22.6 Å². The summed E-state index contributed by atoms with van der Waals surface area (Å²) >= 11 is -2.32. The molecule has 46 heavy (non-hydrogen) atoms. The van der Waals surface area contributed by atoms with Crippen molar-refractivity contribution >= 4 is 50.6 Å². The van der Waals surface area contributed by atoms with Crippen LogP contribution in [0, 0.1) is 31.8 Å². The molecule has 0 aliphatic heterocycles. The monoisotopic (exact) mass is 855 g/mol. The minimum absolute atomic E-state index is 0. The fraction of sp³-hybridized carbons (Fsp3) is 0.256. The van der Waals surface area contributed by atoms with E-state index in [2.05, 4.69) is 44.4 Å². The summed E-state index contributed by atoms with van der Waals surface area (Å²) in [6.45, 7) is -0.657. The molecule has 0 atom stereocenters. The summed E-state index contributed by atoms with van der Waals surface area (Å²) in [4.78, 5) is 13.4. The van der Waals surface area contributed by atoms with Gasteiger partial charge in [0.15, 0.2) is 0 Å². The average molecular weight is 854 g/mol. The zero-order valence-electron chi connectivity index (χ0n) is 34.6. The van der Waals surface area contributed by atoms with Crippen molar-refractivity contribution < 1.29 is 35.5 Å². The van der Waals surface area contributed by atoms with Gasteiger partial charge in [-0.2, -0.15) is 0 Å². The maximum atomic E-state index is 8.60. The Labute approximate surface area is 299 Å². The van der Waals surface area contributed by atoms with Gasteiger partial charge in [-0.3, -0.25) is 9.97 Å². The molecule has 4 heterocycles. The van der Waals surface area contributed by atoms with Gasteiger partial charge in [-0.05, 0) is 12.1 Å². The molecule has 1 radical (unpaired) electrons. The first-order valence-corrected chi connectivity index (χ1v) is 22.2. The number of hydrogen-bond acceptors (Lipinski definition) is 4. The van der Waals surface area contributed by atoms with Gasteiger partial charge in [0.05, 0.1) is 28.6 Å². The zero-order chi connectivity index (χ0) is 38.7. The van der Waals surface area contributed by atoms with Crippen molar-refractivity contribution in [3.05, 3.63) is 108 Å². The quantitative estimate of drug-likeness (QED) is 0.128. The van der Waals surface area contributed by atoms with Crippen molar-refractivity contribution in [1.29, 1.82) is 0 Å². The molecule has 0 unspecified atom stereocenters. The fourth-order valence-corrected chi connectivity index (χ4v) is 8.36. The second kappa shape index (κ2) is 13.6. The number of aromatic nitrogens is 4. The molecule has 0 amide bonds.